The van der Waals surface area contributed by atoms with Crippen molar-refractivity contribution in [3.63, 3.8) is 0 Å². The molecule has 1 aromatic carbocycles. The highest BCUT2D eigenvalue weighted by Crippen LogP contribution is 2.13. The first-order valence-electron chi connectivity index (χ1n) is 6.50. The van der Waals surface area contributed by atoms with E-state index in [9.17, 15) is 4.79 Å². The maximum Gasteiger partial charge on any atom is 0.271 e. The van der Waals surface area contributed by atoms with Crippen molar-refractivity contribution in [2.75, 3.05) is 6.61 Å². The van der Waals surface area contributed by atoms with E-state index in [4.69, 9.17) is 9.15 Å². The Balaban J connectivity index is 1.89. The molecule has 6 heteroatoms. The van der Waals surface area contributed by atoms with Crippen LogP contribution in [-0.4, -0.2) is 18.7 Å². The van der Waals surface area contributed by atoms with Gasteiger partial charge in [0.2, 0.25) is 0 Å². The first kappa shape index (κ1) is 15.3. The smallest absolute Gasteiger partial charge is 0.271 e. The van der Waals surface area contributed by atoms with Crippen LogP contribution in [-0.2, 0) is 0 Å². The second-order valence-electron chi connectivity index (χ2n) is 4.21. The molecular weight excluding hydrogens is 336 g/mol. The van der Waals surface area contributed by atoms with Crippen LogP contribution < -0.4 is 10.2 Å². The lowest BCUT2D eigenvalue weighted by Crippen LogP contribution is -2.17. The number of hydrogen-bond donors (Lipinski definition) is 1. The van der Waals surface area contributed by atoms with Gasteiger partial charge in [0.1, 0.15) is 11.5 Å². The molecule has 1 N–H and O–H groups in total. The number of hydrogen-bond acceptors (Lipinski definition) is 4. The van der Waals surface area contributed by atoms with E-state index in [-0.39, 0.29) is 5.91 Å². The Morgan fingerprint density at radius 1 is 1.33 bits per heavy atom. The fourth-order valence-corrected chi connectivity index (χ4v) is 1.86. The molecule has 0 fully saturated rings. The van der Waals surface area contributed by atoms with Crippen LogP contribution in [0.4, 0.5) is 0 Å². The lowest BCUT2D eigenvalue weighted by Gasteiger charge is -2.05. The van der Waals surface area contributed by atoms with Gasteiger partial charge in [0.05, 0.1) is 12.8 Å². The summed E-state index contributed by atoms with van der Waals surface area (Å²) >= 11 is 3.19. The Morgan fingerprint density at radius 3 is 2.71 bits per heavy atom. The fraction of sp³-hybridized carbons (Fsp3) is 0.200. The lowest BCUT2D eigenvalue weighted by atomic mass is 10.2. The van der Waals surface area contributed by atoms with Crippen molar-refractivity contribution >= 4 is 28.1 Å². The van der Waals surface area contributed by atoms with Gasteiger partial charge in [-0.1, -0.05) is 6.92 Å². The van der Waals surface area contributed by atoms with E-state index in [0.29, 0.717) is 22.6 Å². The van der Waals surface area contributed by atoms with Crippen LogP contribution in [0.15, 0.2) is 50.6 Å². The SMILES string of the molecule is CCCOc1ccc(C(=O)N/N=C\c2ccc(Br)o2)cc1. The second-order valence-corrected chi connectivity index (χ2v) is 5.00. The summed E-state index contributed by atoms with van der Waals surface area (Å²) in [5, 5.41) is 3.83. The standard InChI is InChI=1S/C15H15BrN2O3/c1-2-9-20-12-5-3-11(4-6-12)15(19)18-17-10-13-7-8-14(16)21-13/h3-8,10H,2,9H2,1H3,(H,18,19)/b17-10-. The average Bonchev–Trinajstić information content (AvgIpc) is 2.91. The highest BCUT2D eigenvalue weighted by atomic mass is 79.9. The number of carbonyl (C=O) groups is 1. The molecule has 0 radical (unpaired) electrons. The van der Waals surface area contributed by atoms with Crippen molar-refractivity contribution in [2.24, 2.45) is 5.10 Å². The number of hydrazone groups is 1. The highest BCUT2D eigenvalue weighted by Gasteiger charge is 2.04. The Hall–Kier alpha value is -2.08. The summed E-state index contributed by atoms with van der Waals surface area (Å²) in [6, 6.07) is 10.4. The molecule has 1 amide bonds. The minimum absolute atomic E-state index is 0.293. The van der Waals surface area contributed by atoms with Crippen molar-refractivity contribution in [2.45, 2.75) is 13.3 Å². The molecule has 2 rings (SSSR count). The van der Waals surface area contributed by atoms with Crippen LogP contribution in [0, 0.1) is 0 Å². The molecule has 0 bridgehead atoms. The molecule has 0 aliphatic heterocycles. The molecule has 0 saturated carbocycles. The van der Waals surface area contributed by atoms with Crippen molar-refractivity contribution in [3.05, 3.63) is 52.4 Å². The number of halogens is 1. The van der Waals surface area contributed by atoms with Crippen molar-refractivity contribution in [3.8, 4) is 5.75 Å². The Kier molecular flexibility index (Phi) is 5.57. The number of nitrogens with one attached hydrogen (secondary N) is 1. The van der Waals surface area contributed by atoms with Gasteiger partial charge in [-0.05, 0) is 58.7 Å². The topological polar surface area (TPSA) is 63.8 Å². The minimum Gasteiger partial charge on any atom is -0.494 e. The number of ether oxygens (including phenoxy) is 1. The monoisotopic (exact) mass is 350 g/mol. The van der Waals surface area contributed by atoms with Crippen molar-refractivity contribution in [1.29, 1.82) is 0 Å². The van der Waals surface area contributed by atoms with Gasteiger partial charge >= 0.3 is 0 Å². The van der Waals surface area contributed by atoms with Crippen molar-refractivity contribution < 1.29 is 13.9 Å². The maximum absolute atomic E-state index is 11.9. The molecule has 0 aliphatic rings. The van der Waals surface area contributed by atoms with Crippen molar-refractivity contribution in [1.82, 2.24) is 5.43 Å². The zero-order chi connectivity index (χ0) is 15.1. The normalized spacial score (nSPS) is 10.8. The lowest BCUT2D eigenvalue weighted by molar-refractivity contribution is 0.0955. The van der Waals surface area contributed by atoms with Crippen LogP contribution in [0.5, 0.6) is 5.75 Å². The first-order chi connectivity index (χ1) is 10.2. The van der Waals surface area contributed by atoms with Gasteiger partial charge in [0.15, 0.2) is 4.67 Å². The molecule has 2 aromatic rings. The molecule has 0 aliphatic carbocycles. The van der Waals surface area contributed by atoms with E-state index in [1.807, 2.05) is 6.92 Å². The molecule has 0 saturated heterocycles. The van der Waals surface area contributed by atoms with E-state index in [1.165, 1.54) is 6.21 Å². The Morgan fingerprint density at radius 2 is 2.10 bits per heavy atom. The molecule has 0 unspecified atom stereocenters. The molecule has 0 atom stereocenters. The summed E-state index contributed by atoms with van der Waals surface area (Å²) in [5.41, 5.74) is 2.94. The number of carbonyl (C=O) groups excluding carboxylic acids is 1. The van der Waals surface area contributed by atoms with Crippen LogP contribution in [0.25, 0.3) is 0 Å². The number of rotatable bonds is 6. The van der Waals surface area contributed by atoms with E-state index in [2.05, 4.69) is 26.5 Å². The number of benzene rings is 1. The third kappa shape index (κ3) is 4.75. The van der Waals surface area contributed by atoms with Gasteiger partial charge in [0, 0.05) is 5.56 Å². The molecule has 5 nitrogen and oxygen atoms in total. The van der Waals surface area contributed by atoms with Gasteiger partial charge in [-0.2, -0.15) is 5.10 Å². The number of nitrogens with zero attached hydrogens (tertiary/aromatic N) is 1. The third-order valence-electron chi connectivity index (χ3n) is 2.54. The van der Waals surface area contributed by atoms with Gasteiger partial charge in [-0.15, -0.1) is 0 Å². The summed E-state index contributed by atoms with van der Waals surface area (Å²) in [6.45, 7) is 2.70. The largest absolute Gasteiger partial charge is 0.494 e. The van der Waals surface area contributed by atoms with Gasteiger partial charge in [-0.25, -0.2) is 5.43 Å². The van der Waals surface area contributed by atoms with E-state index >= 15 is 0 Å². The molecule has 21 heavy (non-hydrogen) atoms. The molecule has 1 aromatic heterocycles. The summed E-state index contributed by atoms with van der Waals surface area (Å²) in [5.74, 6) is 1.00. The maximum atomic E-state index is 11.9. The summed E-state index contributed by atoms with van der Waals surface area (Å²) in [7, 11) is 0. The molecule has 110 valence electrons. The third-order valence-corrected chi connectivity index (χ3v) is 2.97. The minimum atomic E-state index is -0.293. The Bertz CT molecular complexity index is 620. The van der Waals surface area contributed by atoms with Crippen LogP contribution >= 0.6 is 15.9 Å². The quantitative estimate of drug-likeness (QED) is 0.639. The summed E-state index contributed by atoms with van der Waals surface area (Å²) in [6.07, 6.45) is 2.38. The Labute approximate surface area is 131 Å². The molecule has 1 heterocycles. The zero-order valence-electron chi connectivity index (χ0n) is 11.5. The predicted octanol–water partition coefficient (Wildman–Crippen LogP) is 3.59. The zero-order valence-corrected chi connectivity index (χ0v) is 13.1. The predicted molar refractivity (Wildman–Crippen MR) is 83.7 cm³/mol. The average molecular weight is 351 g/mol. The first-order valence-corrected chi connectivity index (χ1v) is 7.30. The van der Waals surface area contributed by atoms with E-state index < -0.39 is 0 Å². The van der Waals surface area contributed by atoms with Gasteiger partial charge < -0.3 is 9.15 Å². The van der Waals surface area contributed by atoms with E-state index in [0.717, 1.165) is 12.2 Å². The number of furan rings is 1. The van der Waals surface area contributed by atoms with Crippen LogP contribution in [0.1, 0.15) is 29.5 Å². The van der Waals surface area contributed by atoms with Crippen LogP contribution in [0.2, 0.25) is 0 Å². The summed E-state index contributed by atoms with van der Waals surface area (Å²) < 4.78 is 11.3. The number of amides is 1. The van der Waals surface area contributed by atoms with Gasteiger partial charge in [-0.3, -0.25) is 4.79 Å². The molecular formula is C15H15BrN2O3. The fourth-order valence-electron chi connectivity index (χ4n) is 1.54. The highest BCUT2D eigenvalue weighted by molar-refractivity contribution is 9.10. The second kappa shape index (κ2) is 7.64. The summed E-state index contributed by atoms with van der Waals surface area (Å²) in [4.78, 5) is 11.9. The molecule has 0 spiro atoms. The van der Waals surface area contributed by atoms with E-state index in [1.54, 1.807) is 36.4 Å². The van der Waals surface area contributed by atoms with Crippen LogP contribution in [0.3, 0.4) is 0 Å². The van der Waals surface area contributed by atoms with Gasteiger partial charge in [0.25, 0.3) is 5.91 Å².